The zero-order chi connectivity index (χ0) is 31.2. The van der Waals surface area contributed by atoms with E-state index in [2.05, 4.69) is 0 Å². The molecule has 0 unspecified atom stereocenters. The summed E-state index contributed by atoms with van der Waals surface area (Å²) in [5.41, 5.74) is 4.37. The summed E-state index contributed by atoms with van der Waals surface area (Å²) >= 11 is 0. The monoisotopic (exact) mass is 587 g/mol. The maximum absolute atomic E-state index is 15.6. The molecule has 0 saturated carbocycles. The largest absolute Gasteiger partial charge is 0.490 e. The third kappa shape index (κ3) is 5.73. The van der Waals surface area contributed by atoms with Crippen LogP contribution in [-0.4, -0.2) is 50.7 Å². The summed E-state index contributed by atoms with van der Waals surface area (Å²) in [5, 5.41) is 11.0. The second-order valence-corrected chi connectivity index (χ2v) is 12.2. The number of benzene rings is 2. The van der Waals surface area contributed by atoms with Crippen LogP contribution in [0.25, 0.3) is 22.2 Å². The van der Waals surface area contributed by atoms with Crippen LogP contribution in [0.4, 0.5) is 4.39 Å². The molecule has 1 aliphatic rings. The topological polar surface area (TPSA) is 93.9 Å². The first-order valence-electron chi connectivity index (χ1n) is 14.4. The smallest absolute Gasteiger partial charge is 0.337 e. The number of nitrogens with zero attached hydrogens (tertiary/aromatic N) is 3. The van der Waals surface area contributed by atoms with Crippen molar-refractivity contribution in [3.8, 4) is 16.9 Å². The molecule has 4 aromatic rings. The zero-order valence-electron chi connectivity index (χ0n) is 25.7. The van der Waals surface area contributed by atoms with Crippen molar-refractivity contribution in [2.24, 2.45) is 7.05 Å². The molecule has 9 heteroatoms. The molecule has 1 amide bonds. The minimum Gasteiger partial charge on any atom is -0.490 e. The van der Waals surface area contributed by atoms with Crippen molar-refractivity contribution in [1.29, 1.82) is 0 Å². The molecule has 0 fully saturated rings. The number of aryl methyl sites for hydroxylation is 2. The van der Waals surface area contributed by atoms with Gasteiger partial charge in [0.05, 0.1) is 12.2 Å². The summed E-state index contributed by atoms with van der Waals surface area (Å²) in [6, 6.07) is 12.8. The van der Waals surface area contributed by atoms with Gasteiger partial charge < -0.3 is 24.0 Å². The molecule has 0 aliphatic carbocycles. The van der Waals surface area contributed by atoms with E-state index in [9.17, 15) is 14.7 Å². The number of carbonyl (C=O) groups is 2. The molecule has 3 heterocycles. The van der Waals surface area contributed by atoms with Crippen LogP contribution in [0.3, 0.4) is 0 Å². The second kappa shape index (κ2) is 11.4. The molecule has 2 aromatic carbocycles. The number of carboxylic acid groups (broad SMARTS) is 1. The Balaban J connectivity index is 1.78. The first kappa shape index (κ1) is 30.2. The van der Waals surface area contributed by atoms with Crippen molar-refractivity contribution in [2.45, 2.75) is 65.7 Å². The maximum Gasteiger partial charge on any atom is 0.337 e. The van der Waals surface area contributed by atoms with Crippen LogP contribution in [0, 0.1) is 19.7 Å². The number of hydrogen-bond acceptors (Lipinski definition) is 5. The highest BCUT2D eigenvalue weighted by atomic mass is 19.1. The van der Waals surface area contributed by atoms with Crippen LogP contribution in [-0.2, 0) is 29.5 Å². The molecule has 0 radical (unpaired) electrons. The van der Waals surface area contributed by atoms with Crippen molar-refractivity contribution < 1.29 is 28.6 Å². The third-order valence-electron chi connectivity index (χ3n) is 7.89. The number of ether oxygens (including phenoxy) is 2. The fraction of sp³-hybridized carbons (Fsp3) is 0.382. The quantitative estimate of drug-likeness (QED) is 0.264. The Hall–Kier alpha value is -4.24. The predicted octanol–water partition coefficient (Wildman–Crippen LogP) is 6.53. The SMILES string of the molecule is Cc1nc2c(cc(C(=O)N(C)Cc3ccccc3)n2C)c(-c2cc(F)c3c(c2C)CCCO3)c1[C@H](OC(C)(C)C)C(=O)O. The maximum atomic E-state index is 15.6. The zero-order valence-corrected chi connectivity index (χ0v) is 25.7. The number of amides is 1. The molecule has 1 N–H and O–H groups in total. The van der Waals surface area contributed by atoms with Gasteiger partial charge in [-0.2, -0.15) is 0 Å². The normalized spacial score (nSPS) is 13.9. The second-order valence-electron chi connectivity index (χ2n) is 12.2. The standard InChI is InChI=1S/C34H38FN3O5/c1-19-22-14-11-15-42-29(22)25(35)16-23(19)28-24-17-26(32(39)37(6)18-21-12-9-8-10-13-21)38(7)31(24)36-20(2)27(28)30(33(40)41)43-34(3,4)5/h8-10,12-13,16-17,30H,11,14-15,18H2,1-7H3,(H,40,41)/t30-/m0/s1. The Labute approximate surface area is 251 Å². The van der Waals surface area contributed by atoms with E-state index >= 15 is 4.39 Å². The van der Waals surface area contributed by atoms with Crippen LogP contribution in [0.15, 0.2) is 42.5 Å². The molecule has 5 rings (SSSR count). The average molecular weight is 588 g/mol. The highest BCUT2D eigenvalue weighted by Crippen LogP contribution is 2.44. The van der Waals surface area contributed by atoms with E-state index in [1.807, 2.05) is 37.3 Å². The Morgan fingerprint density at radius 2 is 1.88 bits per heavy atom. The molecule has 43 heavy (non-hydrogen) atoms. The minimum atomic E-state index is -1.39. The van der Waals surface area contributed by atoms with Crippen LogP contribution in [0.1, 0.15) is 71.7 Å². The number of hydrogen-bond donors (Lipinski definition) is 1. The summed E-state index contributed by atoms with van der Waals surface area (Å²) in [6.07, 6.45) is -0.00321. The molecule has 226 valence electrons. The molecule has 0 spiro atoms. The van der Waals surface area contributed by atoms with Gasteiger partial charge in [0, 0.05) is 48.4 Å². The number of aliphatic carboxylic acids is 1. The number of rotatable bonds is 7. The van der Waals surface area contributed by atoms with E-state index in [0.29, 0.717) is 58.7 Å². The van der Waals surface area contributed by atoms with E-state index in [1.54, 1.807) is 57.3 Å². The van der Waals surface area contributed by atoms with E-state index in [-0.39, 0.29) is 11.7 Å². The van der Waals surface area contributed by atoms with Gasteiger partial charge in [-0.1, -0.05) is 30.3 Å². The lowest BCUT2D eigenvalue weighted by atomic mass is 9.86. The fourth-order valence-corrected chi connectivity index (χ4v) is 5.90. The minimum absolute atomic E-state index is 0.225. The van der Waals surface area contributed by atoms with Crippen molar-refractivity contribution in [2.75, 3.05) is 13.7 Å². The van der Waals surface area contributed by atoms with Crippen LogP contribution < -0.4 is 4.74 Å². The predicted molar refractivity (Wildman–Crippen MR) is 163 cm³/mol. The van der Waals surface area contributed by atoms with Gasteiger partial charge in [-0.25, -0.2) is 14.2 Å². The van der Waals surface area contributed by atoms with Gasteiger partial charge in [-0.15, -0.1) is 0 Å². The lowest BCUT2D eigenvalue weighted by Crippen LogP contribution is -2.28. The molecule has 0 bridgehead atoms. The van der Waals surface area contributed by atoms with Gasteiger partial charge >= 0.3 is 5.97 Å². The van der Waals surface area contributed by atoms with Crippen molar-refractivity contribution >= 4 is 22.9 Å². The van der Waals surface area contributed by atoms with Crippen molar-refractivity contribution in [3.63, 3.8) is 0 Å². The number of fused-ring (bicyclic) bond motifs is 2. The lowest BCUT2D eigenvalue weighted by Gasteiger charge is -2.29. The lowest BCUT2D eigenvalue weighted by molar-refractivity contribution is -0.160. The molecule has 2 aromatic heterocycles. The number of pyridine rings is 1. The number of aromatic nitrogens is 2. The number of halogens is 1. The van der Waals surface area contributed by atoms with E-state index in [1.165, 1.54) is 6.07 Å². The van der Waals surface area contributed by atoms with Crippen molar-refractivity contribution in [3.05, 3.63) is 81.9 Å². The van der Waals surface area contributed by atoms with E-state index in [0.717, 1.165) is 23.1 Å². The van der Waals surface area contributed by atoms with Crippen LogP contribution in [0.5, 0.6) is 5.75 Å². The van der Waals surface area contributed by atoms with Gasteiger partial charge in [-0.3, -0.25) is 4.79 Å². The Kier molecular flexibility index (Phi) is 8.05. The van der Waals surface area contributed by atoms with Gasteiger partial charge in [0.2, 0.25) is 0 Å². The summed E-state index contributed by atoms with van der Waals surface area (Å²) in [7, 11) is 3.49. The number of carboxylic acids is 1. The first-order valence-corrected chi connectivity index (χ1v) is 14.4. The Bertz CT molecular complexity index is 1720. The molecular weight excluding hydrogens is 549 g/mol. The summed E-state index contributed by atoms with van der Waals surface area (Å²) < 4.78 is 29.1. The molecule has 1 aliphatic heterocycles. The summed E-state index contributed by atoms with van der Waals surface area (Å²) in [4.78, 5) is 33.0. The fourth-order valence-electron chi connectivity index (χ4n) is 5.90. The molecule has 8 nitrogen and oxygen atoms in total. The highest BCUT2D eigenvalue weighted by molar-refractivity contribution is 6.04. The molecule has 0 saturated heterocycles. The Morgan fingerprint density at radius 1 is 1.19 bits per heavy atom. The van der Waals surface area contributed by atoms with Crippen LogP contribution >= 0.6 is 0 Å². The van der Waals surface area contributed by atoms with Gasteiger partial charge in [-0.05, 0) is 76.3 Å². The van der Waals surface area contributed by atoms with Crippen LogP contribution in [0.2, 0.25) is 0 Å². The third-order valence-corrected chi connectivity index (χ3v) is 7.89. The highest BCUT2D eigenvalue weighted by Gasteiger charge is 2.35. The average Bonchev–Trinajstić information content (AvgIpc) is 3.28. The van der Waals surface area contributed by atoms with E-state index in [4.69, 9.17) is 14.5 Å². The van der Waals surface area contributed by atoms with Gasteiger partial charge in [0.25, 0.3) is 5.91 Å². The molecule has 1 atom stereocenters. The van der Waals surface area contributed by atoms with Crippen molar-refractivity contribution in [1.82, 2.24) is 14.5 Å². The summed E-state index contributed by atoms with van der Waals surface area (Å²) in [5.74, 6) is -1.68. The van der Waals surface area contributed by atoms with Gasteiger partial charge in [0.15, 0.2) is 17.7 Å². The Morgan fingerprint density at radius 3 is 2.53 bits per heavy atom. The summed E-state index contributed by atoms with van der Waals surface area (Å²) in [6.45, 7) is 9.82. The molecular formula is C34H38FN3O5. The van der Waals surface area contributed by atoms with E-state index < -0.39 is 23.5 Å². The number of carbonyl (C=O) groups excluding carboxylic acids is 1. The van der Waals surface area contributed by atoms with Gasteiger partial charge in [0.1, 0.15) is 11.3 Å². The first-order chi connectivity index (χ1) is 20.3.